The Morgan fingerprint density at radius 3 is 2.33 bits per heavy atom. The number of nitrogens with zero attached hydrogens (tertiary/aromatic N) is 1. The molecule has 1 aromatic heterocycles. The Morgan fingerprint density at radius 1 is 1.05 bits per heavy atom. The number of benzene rings is 1. The van der Waals surface area contributed by atoms with E-state index >= 15 is 0 Å². The lowest BCUT2D eigenvalue weighted by Gasteiger charge is -2.37. The summed E-state index contributed by atoms with van der Waals surface area (Å²) >= 11 is 0. The maximum atomic E-state index is 10.1. The number of aliphatic hydroxyl groups is 1. The van der Waals surface area contributed by atoms with Crippen LogP contribution in [0, 0.1) is 0 Å². The molecule has 2 rings (SSSR count). The van der Waals surface area contributed by atoms with Gasteiger partial charge in [-0.15, -0.1) is 0 Å². The second-order valence-electron chi connectivity index (χ2n) is 6.15. The first-order valence-corrected chi connectivity index (χ1v) is 7.04. The summed E-state index contributed by atoms with van der Waals surface area (Å²) in [6, 6.07) is 13.8. The molecule has 0 aliphatic heterocycles. The molecule has 1 heterocycles. The highest BCUT2D eigenvalue weighted by atomic mass is 16.5. The predicted molar refractivity (Wildman–Crippen MR) is 86.5 cm³/mol. The van der Waals surface area contributed by atoms with E-state index in [2.05, 4.69) is 4.98 Å². The van der Waals surface area contributed by atoms with E-state index in [0.717, 1.165) is 16.7 Å². The lowest BCUT2D eigenvalue weighted by Crippen LogP contribution is -2.49. The summed E-state index contributed by atoms with van der Waals surface area (Å²) < 4.78 is 5.77. The topological polar surface area (TPSA) is 42.4 Å². The van der Waals surface area contributed by atoms with Crippen LogP contribution < -0.4 is 5.46 Å². The molecular weight excluding hydrogens is 261 g/mol. The zero-order chi connectivity index (χ0) is 15.5. The highest BCUT2D eigenvalue weighted by Crippen LogP contribution is 2.24. The molecule has 0 unspecified atom stereocenters. The number of aromatic nitrogens is 1. The molecule has 109 valence electrons. The Bertz CT molecular complexity index is 591. The van der Waals surface area contributed by atoms with Crippen molar-refractivity contribution in [3.05, 3.63) is 48.7 Å². The Morgan fingerprint density at radius 2 is 1.71 bits per heavy atom. The summed E-state index contributed by atoms with van der Waals surface area (Å²) in [4.78, 5) is 4.38. The summed E-state index contributed by atoms with van der Waals surface area (Å²) in [7, 11) is 1.67. The summed E-state index contributed by atoms with van der Waals surface area (Å²) in [5.74, 6) is 0. The average Bonchev–Trinajstić information content (AvgIpc) is 2.45. The third-order valence-corrected chi connectivity index (χ3v) is 3.82. The highest BCUT2D eigenvalue weighted by Gasteiger charge is 2.35. The summed E-state index contributed by atoms with van der Waals surface area (Å²) in [6.45, 7) is 7.21. The number of rotatable bonds is 5. The fraction of sp³-hybridized carbons (Fsp3) is 0.353. The minimum atomic E-state index is -0.932. The van der Waals surface area contributed by atoms with Gasteiger partial charge in [0.25, 0.3) is 0 Å². The van der Waals surface area contributed by atoms with E-state index in [4.69, 9.17) is 4.65 Å². The van der Waals surface area contributed by atoms with Crippen molar-refractivity contribution in [3.63, 3.8) is 0 Å². The van der Waals surface area contributed by atoms with Crippen molar-refractivity contribution in [2.24, 2.45) is 0 Å². The fourth-order valence-electron chi connectivity index (χ4n) is 1.65. The van der Waals surface area contributed by atoms with E-state index in [0.29, 0.717) is 0 Å². The molecule has 3 nitrogen and oxygen atoms in total. The molecule has 4 heteroatoms. The Hall–Kier alpha value is -1.65. The van der Waals surface area contributed by atoms with E-state index in [1.165, 1.54) is 0 Å². The zero-order valence-electron chi connectivity index (χ0n) is 13.0. The molecule has 0 spiro atoms. The first kappa shape index (κ1) is 15.7. The quantitative estimate of drug-likeness (QED) is 0.857. The van der Waals surface area contributed by atoms with Gasteiger partial charge in [-0.1, -0.05) is 30.3 Å². The van der Waals surface area contributed by atoms with Gasteiger partial charge in [-0.05, 0) is 45.3 Å². The monoisotopic (exact) mass is 282 g/mol. The molecule has 0 atom stereocenters. The van der Waals surface area contributed by atoms with Crippen LogP contribution in [0.15, 0.2) is 48.7 Å². The maximum Gasteiger partial charge on any atom is 0.331 e. The molecule has 0 saturated carbocycles. The lowest BCUT2D eigenvalue weighted by atomic mass is 9.82. The molecule has 0 bridgehead atoms. The Kier molecular flexibility index (Phi) is 4.50. The largest absolute Gasteiger partial charge is 0.427 e. The third kappa shape index (κ3) is 3.93. The summed E-state index contributed by atoms with van der Waals surface area (Å²) in [6.07, 6.45) is 1.76. The van der Waals surface area contributed by atoms with Gasteiger partial charge in [-0.2, -0.15) is 0 Å². The molecule has 0 aliphatic rings. The van der Waals surface area contributed by atoms with Crippen LogP contribution in [-0.4, -0.2) is 28.8 Å². The van der Waals surface area contributed by atoms with Crippen LogP contribution in [0.5, 0.6) is 0 Å². The maximum absolute atomic E-state index is 10.1. The number of hydrogen-bond donors (Lipinski definition) is 1. The Balaban J connectivity index is 2.13. The van der Waals surface area contributed by atoms with E-state index in [1.807, 2.05) is 56.3 Å². The normalized spacial score (nSPS) is 12.2. The smallest absolute Gasteiger partial charge is 0.331 e. The van der Waals surface area contributed by atoms with Gasteiger partial charge in [0.15, 0.2) is 0 Å². The second-order valence-corrected chi connectivity index (χ2v) is 6.15. The SMILES string of the molecule is CC(C)(O)C(C)(C)O[B]c1ccnc(-c2ccccc2)c1. The van der Waals surface area contributed by atoms with Gasteiger partial charge in [-0.25, -0.2) is 0 Å². The number of hydrogen-bond acceptors (Lipinski definition) is 3. The minimum Gasteiger partial charge on any atom is -0.427 e. The molecule has 1 radical (unpaired) electrons. The van der Waals surface area contributed by atoms with Gasteiger partial charge in [0.05, 0.1) is 16.9 Å². The van der Waals surface area contributed by atoms with Crippen LogP contribution in [0.25, 0.3) is 11.3 Å². The second kappa shape index (κ2) is 6.00. The first-order valence-electron chi connectivity index (χ1n) is 7.04. The molecule has 0 amide bonds. The highest BCUT2D eigenvalue weighted by molar-refractivity contribution is 6.47. The molecule has 0 aliphatic carbocycles. The summed E-state index contributed by atoms with van der Waals surface area (Å²) in [5.41, 5.74) is 1.27. The zero-order valence-corrected chi connectivity index (χ0v) is 13.0. The van der Waals surface area contributed by atoms with Gasteiger partial charge in [0, 0.05) is 11.8 Å². The average molecular weight is 282 g/mol. The van der Waals surface area contributed by atoms with Gasteiger partial charge in [-0.3, -0.25) is 4.98 Å². The first-order chi connectivity index (χ1) is 9.79. The summed E-state index contributed by atoms with van der Waals surface area (Å²) in [5, 5.41) is 10.1. The van der Waals surface area contributed by atoms with Crippen molar-refractivity contribution in [1.82, 2.24) is 4.98 Å². The van der Waals surface area contributed by atoms with Crippen molar-refractivity contribution < 1.29 is 9.76 Å². The van der Waals surface area contributed by atoms with Crippen molar-refractivity contribution in [3.8, 4) is 11.3 Å². The van der Waals surface area contributed by atoms with Crippen molar-refractivity contribution >= 4 is 12.9 Å². The molecule has 2 aromatic rings. The van der Waals surface area contributed by atoms with Crippen molar-refractivity contribution in [1.29, 1.82) is 0 Å². The standard InChI is InChI=1S/C17H21BNO2/c1-16(2,20)17(3,4)21-18-14-10-11-19-15(12-14)13-8-6-5-7-9-13/h5-12,20H,1-4H3. The van der Waals surface area contributed by atoms with Crippen LogP contribution in [0.2, 0.25) is 0 Å². The Labute approximate surface area is 127 Å². The van der Waals surface area contributed by atoms with Gasteiger partial charge in [0.1, 0.15) is 0 Å². The van der Waals surface area contributed by atoms with Crippen LogP contribution in [0.4, 0.5) is 0 Å². The van der Waals surface area contributed by atoms with Crippen LogP contribution >= 0.6 is 0 Å². The minimum absolute atomic E-state index is 0.677. The van der Waals surface area contributed by atoms with E-state index in [1.54, 1.807) is 27.5 Å². The van der Waals surface area contributed by atoms with Crippen LogP contribution in [-0.2, 0) is 4.65 Å². The molecule has 1 aromatic carbocycles. The third-order valence-electron chi connectivity index (χ3n) is 3.82. The van der Waals surface area contributed by atoms with Crippen LogP contribution in [0.3, 0.4) is 0 Å². The molecule has 0 fully saturated rings. The predicted octanol–water partition coefficient (Wildman–Crippen LogP) is 2.56. The molecular formula is C17H21BNO2. The van der Waals surface area contributed by atoms with Gasteiger partial charge < -0.3 is 9.76 Å². The van der Waals surface area contributed by atoms with Crippen LogP contribution in [0.1, 0.15) is 27.7 Å². The van der Waals surface area contributed by atoms with Crippen molar-refractivity contribution in [2.75, 3.05) is 0 Å². The molecule has 0 saturated heterocycles. The lowest BCUT2D eigenvalue weighted by molar-refractivity contribution is -0.0893. The van der Waals surface area contributed by atoms with E-state index in [-0.39, 0.29) is 0 Å². The van der Waals surface area contributed by atoms with Gasteiger partial charge in [0.2, 0.25) is 0 Å². The molecule has 1 N–H and O–H groups in total. The molecule has 21 heavy (non-hydrogen) atoms. The van der Waals surface area contributed by atoms with Gasteiger partial charge >= 0.3 is 7.48 Å². The van der Waals surface area contributed by atoms with E-state index < -0.39 is 11.2 Å². The number of pyridine rings is 1. The van der Waals surface area contributed by atoms with E-state index in [9.17, 15) is 5.11 Å². The van der Waals surface area contributed by atoms with Crippen molar-refractivity contribution in [2.45, 2.75) is 38.9 Å². The fourth-order valence-corrected chi connectivity index (χ4v) is 1.65.